The first-order valence-electron chi connectivity index (χ1n) is 8.23. The second kappa shape index (κ2) is 6.04. The molecular formula is C23H24. The van der Waals surface area contributed by atoms with Crippen LogP contribution in [0.3, 0.4) is 0 Å². The third kappa shape index (κ3) is 2.82. The third-order valence-corrected chi connectivity index (χ3v) is 5.15. The molecule has 0 aromatic heterocycles. The van der Waals surface area contributed by atoms with E-state index in [0.29, 0.717) is 0 Å². The molecule has 0 heteroatoms. The Balaban J connectivity index is 2.16. The average molecular weight is 300 g/mol. The van der Waals surface area contributed by atoms with Crippen molar-refractivity contribution in [1.29, 1.82) is 0 Å². The average Bonchev–Trinajstić information content (AvgIpc) is 2.58. The third-order valence-electron chi connectivity index (χ3n) is 5.15. The van der Waals surface area contributed by atoms with Gasteiger partial charge in [-0.25, -0.2) is 0 Å². The van der Waals surface area contributed by atoms with Gasteiger partial charge in [0.05, 0.1) is 0 Å². The molecule has 0 N–H and O–H groups in total. The molecule has 0 fully saturated rings. The predicted octanol–water partition coefficient (Wildman–Crippen LogP) is 6.63. The molecule has 0 spiro atoms. The SMILES string of the molecule is CC(=Cc1ccccc1)c1ccc2c(C)c(C)c(C)c(C)c2c1. The van der Waals surface area contributed by atoms with Crippen molar-refractivity contribution in [2.24, 2.45) is 0 Å². The van der Waals surface area contributed by atoms with Gasteiger partial charge < -0.3 is 0 Å². The number of hydrogen-bond donors (Lipinski definition) is 0. The van der Waals surface area contributed by atoms with Crippen LogP contribution in [0.25, 0.3) is 22.4 Å². The van der Waals surface area contributed by atoms with E-state index in [-0.39, 0.29) is 0 Å². The number of allylic oxidation sites excluding steroid dienone is 1. The molecule has 0 radical (unpaired) electrons. The van der Waals surface area contributed by atoms with Gasteiger partial charge in [-0.2, -0.15) is 0 Å². The van der Waals surface area contributed by atoms with E-state index in [1.165, 1.54) is 49.7 Å². The smallest absolute Gasteiger partial charge is 0.0143 e. The molecule has 23 heavy (non-hydrogen) atoms. The quantitative estimate of drug-likeness (QED) is 0.466. The zero-order chi connectivity index (χ0) is 16.6. The van der Waals surface area contributed by atoms with Crippen molar-refractivity contribution in [1.82, 2.24) is 0 Å². The summed E-state index contributed by atoms with van der Waals surface area (Å²) in [5.74, 6) is 0. The van der Waals surface area contributed by atoms with Gasteiger partial charge in [-0.15, -0.1) is 0 Å². The van der Waals surface area contributed by atoms with Crippen molar-refractivity contribution >= 4 is 22.4 Å². The van der Waals surface area contributed by atoms with Crippen LogP contribution in [-0.4, -0.2) is 0 Å². The van der Waals surface area contributed by atoms with Gasteiger partial charge in [0.1, 0.15) is 0 Å². The van der Waals surface area contributed by atoms with Gasteiger partial charge in [0.2, 0.25) is 0 Å². The van der Waals surface area contributed by atoms with Crippen molar-refractivity contribution in [2.45, 2.75) is 34.6 Å². The Morgan fingerprint density at radius 1 is 0.696 bits per heavy atom. The van der Waals surface area contributed by atoms with Crippen LogP contribution in [0.2, 0.25) is 0 Å². The molecule has 0 aliphatic heterocycles. The fraction of sp³-hybridized carbons (Fsp3) is 0.217. The Bertz CT molecular complexity index is 896. The lowest BCUT2D eigenvalue weighted by atomic mass is 9.90. The fourth-order valence-corrected chi connectivity index (χ4v) is 3.28. The standard InChI is InChI=1S/C23H24/c1-15(13-20-9-7-6-8-10-20)21-11-12-22-18(4)16(2)17(3)19(5)23(22)14-21/h6-14H,1-5H3. The van der Waals surface area contributed by atoms with Crippen LogP contribution >= 0.6 is 0 Å². The molecule has 0 heterocycles. The lowest BCUT2D eigenvalue weighted by molar-refractivity contribution is 1.25. The van der Waals surface area contributed by atoms with E-state index >= 15 is 0 Å². The molecule has 0 saturated carbocycles. The minimum atomic E-state index is 1.25. The van der Waals surface area contributed by atoms with E-state index in [1.807, 2.05) is 0 Å². The molecule has 0 aliphatic rings. The molecule has 0 bridgehead atoms. The maximum absolute atomic E-state index is 2.35. The molecule has 0 unspecified atom stereocenters. The van der Waals surface area contributed by atoms with Crippen molar-refractivity contribution in [3.05, 3.63) is 81.9 Å². The number of hydrogen-bond acceptors (Lipinski definition) is 0. The molecule has 3 aromatic carbocycles. The summed E-state index contributed by atoms with van der Waals surface area (Å²) in [6.07, 6.45) is 2.25. The normalized spacial score (nSPS) is 12.0. The Morgan fingerprint density at radius 3 is 1.96 bits per heavy atom. The van der Waals surface area contributed by atoms with Gasteiger partial charge in [0.25, 0.3) is 0 Å². The number of rotatable bonds is 2. The second-order valence-electron chi connectivity index (χ2n) is 6.50. The Morgan fingerprint density at radius 2 is 1.30 bits per heavy atom. The summed E-state index contributed by atoms with van der Waals surface area (Å²) < 4.78 is 0. The molecule has 0 saturated heterocycles. The topological polar surface area (TPSA) is 0 Å². The van der Waals surface area contributed by atoms with Crippen molar-refractivity contribution in [3.63, 3.8) is 0 Å². The van der Waals surface area contributed by atoms with E-state index in [4.69, 9.17) is 0 Å². The molecule has 0 aliphatic carbocycles. The summed E-state index contributed by atoms with van der Waals surface area (Å²) in [5.41, 5.74) is 9.48. The maximum Gasteiger partial charge on any atom is -0.0143 e. The van der Waals surface area contributed by atoms with Crippen molar-refractivity contribution in [3.8, 4) is 0 Å². The summed E-state index contributed by atoms with van der Waals surface area (Å²) in [5, 5.41) is 2.76. The van der Waals surface area contributed by atoms with E-state index in [0.717, 1.165) is 0 Å². The number of fused-ring (bicyclic) bond motifs is 1. The lowest BCUT2D eigenvalue weighted by Gasteiger charge is -2.15. The lowest BCUT2D eigenvalue weighted by Crippen LogP contribution is -1.94. The molecule has 3 aromatic rings. The van der Waals surface area contributed by atoms with Crippen LogP contribution in [-0.2, 0) is 0 Å². The molecule has 0 nitrogen and oxygen atoms in total. The van der Waals surface area contributed by atoms with Gasteiger partial charge in [-0.1, -0.05) is 48.5 Å². The Kier molecular flexibility index (Phi) is 4.09. The molecule has 3 rings (SSSR count). The molecule has 0 amide bonds. The first kappa shape index (κ1) is 15.6. The van der Waals surface area contributed by atoms with E-state index in [1.54, 1.807) is 0 Å². The van der Waals surface area contributed by atoms with Gasteiger partial charge in [0.15, 0.2) is 0 Å². The summed E-state index contributed by atoms with van der Waals surface area (Å²) in [6.45, 7) is 11.1. The van der Waals surface area contributed by atoms with Crippen LogP contribution in [0.5, 0.6) is 0 Å². The maximum atomic E-state index is 2.35. The monoisotopic (exact) mass is 300 g/mol. The number of benzene rings is 3. The fourth-order valence-electron chi connectivity index (χ4n) is 3.28. The minimum absolute atomic E-state index is 1.25. The molecular weight excluding hydrogens is 276 g/mol. The van der Waals surface area contributed by atoms with Crippen LogP contribution in [0.15, 0.2) is 48.5 Å². The zero-order valence-corrected chi connectivity index (χ0v) is 14.7. The van der Waals surface area contributed by atoms with Crippen molar-refractivity contribution < 1.29 is 0 Å². The summed E-state index contributed by atoms with van der Waals surface area (Å²) in [4.78, 5) is 0. The highest BCUT2D eigenvalue weighted by Gasteiger charge is 2.09. The van der Waals surface area contributed by atoms with Gasteiger partial charge in [-0.05, 0) is 90.4 Å². The summed E-state index contributed by atoms with van der Waals surface area (Å²) in [7, 11) is 0. The highest BCUT2D eigenvalue weighted by atomic mass is 14.1. The van der Waals surface area contributed by atoms with E-state index in [9.17, 15) is 0 Å². The first-order valence-corrected chi connectivity index (χ1v) is 8.23. The van der Waals surface area contributed by atoms with Gasteiger partial charge in [-0.3, -0.25) is 0 Å². The van der Waals surface area contributed by atoms with E-state index in [2.05, 4.69) is 89.2 Å². The van der Waals surface area contributed by atoms with Crippen LogP contribution in [0.4, 0.5) is 0 Å². The Labute approximate surface area is 139 Å². The van der Waals surface area contributed by atoms with Crippen LogP contribution < -0.4 is 0 Å². The van der Waals surface area contributed by atoms with Crippen LogP contribution in [0, 0.1) is 27.7 Å². The van der Waals surface area contributed by atoms with Gasteiger partial charge in [0, 0.05) is 0 Å². The zero-order valence-electron chi connectivity index (χ0n) is 14.7. The summed E-state index contributed by atoms with van der Waals surface area (Å²) >= 11 is 0. The molecule has 116 valence electrons. The molecule has 0 atom stereocenters. The first-order chi connectivity index (χ1) is 11.0. The second-order valence-corrected chi connectivity index (χ2v) is 6.50. The minimum Gasteiger partial charge on any atom is -0.0622 e. The largest absolute Gasteiger partial charge is 0.0622 e. The van der Waals surface area contributed by atoms with E-state index < -0.39 is 0 Å². The Hall–Kier alpha value is -2.34. The highest BCUT2D eigenvalue weighted by Crippen LogP contribution is 2.31. The summed E-state index contributed by atoms with van der Waals surface area (Å²) in [6, 6.07) is 17.4. The number of aryl methyl sites for hydroxylation is 2. The predicted molar refractivity (Wildman–Crippen MR) is 103 cm³/mol. The van der Waals surface area contributed by atoms with Crippen LogP contribution in [0.1, 0.15) is 40.3 Å². The van der Waals surface area contributed by atoms with Crippen molar-refractivity contribution in [2.75, 3.05) is 0 Å². The highest BCUT2D eigenvalue weighted by molar-refractivity contribution is 5.94. The van der Waals surface area contributed by atoms with Gasteiger partial charge >= 0.3 is 0 Å².